The number of carboxylic acids is 1. The van der Waals surface area contributed by atoms with Gasteiger partial charge >= 0.3 is 17.9 Å². The fraction of sp³-hybridized carbons (Fsp3) is 0.308. The Labute approximate surface area is 231 Å². The number of rotatable bonds is 9. The molecular formula is C26H34ClN3O9. The van der Waals surface area contributed by atoms with Gasteiger partial charge in [0.2, 0.25) is 0 Å². The van der Waals surface area contributed by atoms with E-state index >= 15 is 0 Å². The monoisotopic (exact) mass is 567 g/mol. The van der Waals surface area contributed by atoms with E-state index in [9.17, 15) is 14.4 Å². The highest BCUT2D eigenvalue weighted by atomic mass is 35.5. The number of pyridine rings is 1. The first-order valence-corrected chi connectivity index (χ1v) is 11.8. The molecule has 13 heteroatoms. The lowest BCUT2D eigenvalue weighted by atomic mass is 9.80. The number of carboxylic acid groups (broad SMARTS) is 1. The summed E-state index contributed by atoms with van der Waals surface area (Å²) in [5, 5.41) is 11.9. The highest BCUT2D eigenvalue weighted by Gasteiger charge is 2.39. The molecule has 0 bridgehead atoms. The lowest BCUT2D eigenvalue weighted by molar-refractivity contribution is -0.139. The average molecular weight is 568 g/mol. The largest absolute Gasteiger partial charge is 0.478 e. The third-order valence-corrected chi connectivity index (χ3v) is 5.52. The molecule has 0 aliphatic carbocycles. The first-order chi connectivity index (χ1) is 17.8. The molecule has 1 aromatic carbocycles. The van der Waals surface area contributed by atoms with Gasteiger partial charge in [0.1, 0.15) is 0 Å². The predicted molar refractivity (Wildman–Crippen MR) is 144 cm³/mol. The molecule has 39 heavy (non-hydrogen) atoms. The third kappa shape index (κ3) is 9.46. The lowest BCUT2D eigenvalue weighted by Crippen LogP contribution is -2.35. The molecule has 0 amide bonds. The molecule has 1 aliphatic rings. The number of dihydropyridines is 1. The van der Waals surface area contributed by atoms with Gasteiger partial charge in [0, 0.05) is 29.7 Å². The van der Waals surface area contributed by atoms with Crippen LogP contribution >= 0.6 is 11.6 Å². The minimum Gasteiger partial charge on any atom is -0.478 e. The van der Waals surface area contributed by atoms with Crippen LogP contribution in [0.1, 0.15) is 35.7 Å². The van der Waals surface area contributed by atoms with E-state index in [1.54, 1.807) is 44.2 Å². The van der Waals surface area contributed by atoms with Crippen molar-refractivity contribution in [1.29, 1.82) is 0 Å². The molecule has 0 radical (unpaired) electrons. The van der Waals surface area contributed by atoms with Gasteiger partial charge in [-0.3, -0.25) is 4.98 Å². The van der Waals surface area contributed by atoms with E-state index in [1.165, 1.54) is 25.6 Å². The number of carbonyl (C=O) groups excluding carboxylic acids is 2. The molecule has 12 nitrogen and oxygen atoms in total. The second-order valence-corrected chi connectivity index (χ2v) is 8.02. The van der Waals surface area contributed by atoms with Crippen molar-refractivity contribution in [1.82, 2.24) is 10.3 Å². The van der Waals surface area contributed by atoms with Crippen LogP contribution in [0, 0.1) is 0 Å². The number of nitrogens with zero attached hydrogens (tertiary/aromatic N) is 1. The summed E-state index contributed by atoms with van der Waals surface area (Å²) in [6.45, 7) is 4.42. The number of carbonyl (C=O) groups is 3. The number of benzene rings is 1. The second-order valence-electron chi connectivity index (χ2n) is 7.61. The molecule has 1 atom stereocenters. The van der Waals surface area contributed by atoms with Crippen molar-refractivity contribution in [3.8, 4) is 0 Å². The van der Waals surface area contributed by atoms with Gasteiger partial charge in [-0.15, -0.1) is 0 Å². The maximum atomic E-state index is 12.9. The van der Waals surface area contributed by atoms with E-state index in [0.29, 0.717) is 40.7 Å². The molecule has 1 aliphatic heterocycles. The van der Waals surface area contributed by atoms with Crippen LogP contribution in [-0.2, 0) is 23.8 Å². The molecule has 0 saturated heterocycles. The summed E-state index contributed by atoms with van der Waals surface area (Å²) >= 11 is 6.42. The number of halogens is 1. The number of allylic oxidation sites excluding steroid dienone is 1. The van der Waals surface area contributed by atoms with Crippen LogP contribution in [-0.4, -0.2) is 72.4 Å². The van der Waals surface area contributed by atoms with Gasteiger partial charge in [-0.05, 0) is 37.6 Å². The minimum absolute atomic E-state index is 0. The van der Waals surface area contributed by atoms with Crippen LogP contribution in [0.3, 0.4) is 0 Å². The van der Waals surface area contributed by atoms with Crippen LogP contribution < -0.4 is 11.1 Å². The number of hydrogen-bond acceptors (Lipinski definition) is 9. The lowest BCUT2D eigenvalue weighted by Gasteiger charge is -2.31. The Hall–Kier alpha value is -3.81. The van der Waals surface area contributed by atoms with Gasteiger partial charge in [-0.25, -0.2) is 14.4 Å². The van der Waals surface area contributed by atoms with E-state index in [1.807, 2.05) is 0 Å². The van der Waals surface area contributed by atoms with Crippen molar-refractivity contribution in [2.45, 2.75) is 19.8 Å². The molecule has 3 rings (SSSR count). The summed E-state index contributed by atoms with van der Waals surface area (Å²) in [6, 6.07) is 10.1. The van der Waals surface area contributed by atoms with Crippen molar-refractivity contribution in [2.24, 2.45) is 5.73 Å². The van der Waals surface area contributed by atoms with Crippen molar-refractivity contribution in [2.75, 3.05) is 33.5 Å². The van der Waals surface area contributed by atoms with E-state index in [2.05, 4.69) is 10.3 Å². The Morgan fingerprint density at radius 2 is 1.79 bits per heavy atom. The molecule has 8 N–H and O–H groups in total. The molecule has 0 saturated carbocycles. The Balaban J connectivity index is 0.00000112. The Morgan fingerprint density at radius 1 is 1.10 bits per heavy atom. The number of nitrogens with one attached hydrogen (secondary N) is 1. The van der Waals surface area contributed by atoms with Crippen LogP contribution in [0.4, 0.5) is 0 Å². The number of hydrogen-bond donors (Lipinski definition) is 3. The summed E-state index contributed by atoms with van der Waals surface area (Å²) in [4.78, 5) is 39.2. The average Bonchev–Trinajstić information content (AvgIpc) is 2.89. The van der Waals surface area contributed by atoms with Gasteiger partial charge < -0.3 is 41.3 Å². The zero-order valence-electron chi connectivity index (χ0n) is 21.8. The van der Waals surface area contributed by atoms with Gasteiger partial charge in [0.05, 0.1) is 55.3 Å². The molecule has 2 heterocycles. The molecule has 1 unspecified atom stereocenters. The zero-order chi connectivity index (χ0) is 27.4. The van der Waals surface area contributed by atoms with Crippen molar-refractivity contribution < 1.29 is 44.7 Å². The van der Waals surface area contributed by atoms with Crippen molar-refractivity contribution >= 4 is 29.5 Å². The normalized spacial score (nSPS) is 14.0. The first-order valence-electron chi connectivity index (χ1n) is 11.4. The predicted octanol–water partition coefficient (Wildman–Crippen LogP) is 1.40. The third-order valence-electron chi connectivity index (χ3n) is 5.18. The van der Waals surface area contributed by atoms with E-state index in [0.717, 1.165) is 0 Å². The maximum Gasteiger partial charge on any atom is 0.337 e. The molecule has 214 valence electrons. The SMILES string of the molecule is CCOC(=O)C1=C(COCCN)NC(C)=C(C(=O)OC)C1c1ccccc1Cl.O.O.O=C(O)c1cccnc1. The molecule has 0 fully saturated rings. The van der Waals surface area contributed by atoms with Crippen molar-refractivity contribution in [3.63, 3.8) is 0 Å². The number of esters is 2. The Kier molecular flexibility index (Phi) is 15.9. The van der Waals surface area contributed by atoms with Gasteiger partial charge in [-0.2, -0.15) is 0 Å². The van der Waals surface area contributed by atoms with Crippen LogP contribution in [0.15, 0.2) is 71.3 Å². The van der Waals surface area contributed by atoms with Crippen LogP contribution in [0.5, 0.6) is 0 Å². The minimum atomic E-state index is -0.942. The summed E-state index contributed by atoms with van der Waals surface area (Å²) in [5.74, 6) is -2.81. The van der Waals surface area contributed by atoms with Crippen LogP contribution in [0.2, 0.25) is 5.02 Å². The highest BCUT2D eigenvalue weighted by Crippen LogP contribution is 2.41. The number of nitrogens with two attached hydrogens (primary N) is 1. The van der Waals surface area contributed by atoms with Gasteiger partial charge in [0.25, 0.3) is 0 Å². The summed E-state index contributed by atoms with van der Waals surface area (Å²) in [5.41, 5.74) is 7.92. The maximum absolute atomic E-state index is 12.9. The molecular weight excluding hydrogens is 534 g/mol. The molecule has 2 aromatic rings. The van der Waals surface area contributed by atoms with Crippen molar-refractivity contribution in [3.05, 3.63) is 87.5 Å². The first kappa shape index (κ1) is 35.2. The zero-order valence-corrected chi connectivity index (χ0v) is 22.6. The molecule has 0 spiro atoms. The number of aromatic carboxylic acids is 1. The van der Waals surface area contributed by atoms with Gasteiger partial charge in [0.15, 0.2) is 0 Å². The number of ether oxygens (including phenoxy) is 3. The summed E-state index contributed by atoms with van der Waals surface area (Å²) < 4.78 is 15.8. The standard InChI is InChI=1S/C20H25ClN2O5.C6H5NO2.2H2O/c1-4-28-20(25)18-15(11-27-10-9-22)23-12(2)16(19(24)26-3)17(18)13-7-5-6-8-14(13)21;8-6(9)5-2-1-3-7-4-5;;/h5-8,17,23H,4,9-11,22H2,1-3H3;1-4H,(H,8,9);2*1H2. The van der Waals surface area contributed by atoms with E-state index in [4.69, 9.17) is 36.7 Å². The fourth-order valence-corrected chi connectivity index (χ4v) is 3.85. The smallest absolute Gasteiger partial charge is 0.337 e. The summed E-state index contributed by atoms with van der Waals surface area (Å²) in [7, 11) is 1.29. The Morgan fingerprint density at radius 3 is 2.31 bits per heavy atom. The topological polar surface area (TPSA) is 213 Å². The summed E-state index contributed by atoms with van der Waals surface area (Å²) in [6.07, 6.45) is 2.84. The number of methoxy groups -OCH3 is 1. The quantitative estimate of drug-likeness (QED) is 0.292. The second kappa shape index (κ2) is 17.7. The van der Waals surface area contributed by atoms with Gasteiger partial charge in [-0.1, -0.05) is 29.8 Å². The number of aromatic nitrogens is 1. The Bertz CT molecular complexity index is 1170. The molecule has 1 aromatic heterocycles. The fourth-order valence-electron chi connectivity index (χ4n) is 3.61. The van der Waals surface area contributed by atoms with E-state index in [-0.39, 0.29) is 35.3 Å². The van der Waals surface area contributed by atoms with E-state index < -0.39 is 23.8 Å². The highest BCUT2D eigenvalue weighted by molar-refractivity contribution is 6.31. The van der Waals surface area contributed by atoms with Crippen LogP contribution in [0.25, 0.3) is 0 Å².